The molecular weight excluding hydrogens is 667 g/mol. The number of carbonyl (C=O) groups excluding carboxylic acids is 2. The van der Waals surface area contributed by atoms with E-state index in [9.17, 15) is 33.0 Å². The quantitative estimate of drug-likeness (QED) is 0.224. The lowest BCUT2D eigenvalue weighted by Crippen LogP contribution is -2.61. The third kappa shape index (κ3) is 9.44. The summed E-state index contributed by atoms with van der Waals surface area (Å²) >= 11 is 0. The van der Waals surface area contributed by atoms with Crippen molar-refractivity contribution in [2.75, 3.05) is 45.9 Å². The van der Waals surface area contributed by atoms with Gasteiger partial charge in [0.05, 0.1) is 18.4 Å². The number of carbonyl (C=O) groups is 2. The lowest BCUT2D eigenvalue weighted by molar-refractivity contribution is -0.144. The van der Waals surface area contributed by atoms with Crippen LogP contribution in [0.1, 0.15) is 40.8 Å². The fraction of sp³-hybridized carbons (Fsp3) is 0.432. The van der Waals surface area contributed by atoms with Crippen molar-refractivity contribution in [2.24, 2.45) is 5.92 Å². The molecule has 6 atom stereocenters. The van der Waals surface area contributed by atoms with Crippen LogP contribution in [0.15, 0.2) is 79.3 Å². The number of amides is 2. The van der Waals surface area contributed by atoms with Gasteiger partial charge in [0, 0.05) is 62.2 Å². The second-order valence-electron chi connectivity index (χ2n) is 13.2. The van der Waals surface area contributed by atoms with E-state index in [2.05, 4.69) is 10.3 Å². The Balaban J connectivity index is 1.15. The van der Waals surface area contributed by atoms with Crippen LogP contribution in [0.5, 0.6) is 5.75 Å². The van der Waals surface area contributed by atoms with E-state index < -0.39 is 54.7 Å². The van der Waals surface area contributed by atoms with Gasteiger partial charge in [-0.3, -0.25) is 24.4 Å². The van der Waals surface area contributed by atoms with E-state index in [1.54, 1.807) is 53.9 Å². The highest BCUT2D eigenvalue weighted by molar-refractivity contribution is 5.82. The molecule has 2 amide bonds. The molecule has 1 saturated heterocycles. The first kappa shape index (κ1) is 36.3. The van der Waals surface area contributed by atoms with Crippen molar-refractivity contribution in [2.45, 2.75) is 49.4 Å². The number of halogens is 3. The number of aliphatic hydroxyl groups is 2. The molecule has 0 saturated carbocycles. The number of hydrogen-bond acceptors (Lipinski definition) is 9. The predicted molar refractivity (Wildman–Crippen MR) is 181 cm³/mol. The van der Waals surface area contributed by atoms with Crippen molar-refractivity contribution in [3.05, 3.63) is 102 Å². The zero-order chi connectivity index (χ0) is 36.0. The molecule has 4 N–H and O–H groups in total. The Labute approximate surface area is 294 Å². The normalized spacial score (nSPS) is 23.2. The Hall–Kier alpha value is -4.50. The highest BCUT2D eigenvalue weighted by Crippen LogP contribution is 2.33. The summed E-state index contributed by atoms with van der Waals surface area (Å²) in [5, 5.41) is 27.2. The maximum absolute atomic E-state index is 13.9. The number of fused-ring (bicyclic) bond motifs is 2. The van der Waals surface area contributed by atoms with E-state index >= 15 is 0 Å². The van der Waals surface area contributed by atoms with Crippen LogP contribution in [-0.4, -0.2) is 107 Å². The fourth-order valence-electron chi connectivity index (χ4n) is 6.98. The summed E-state index contributed by atoms with van der Waals surface area (Å²) in [5.74, 6) is -1.40. The van der Waals surface area contributed by atoms with Gasteiger partial charge >= 0.3 is 6.18 Å². The summed E-state index contributed by atoms with van der Waals surface area (Å²) in [6.45, 7) is -0.242. The first-order valence-electron chi connectivity index (χ1n) is 17.0. The summed E-state index contributed by atoms with van der Waals surface area (Å²) in [6, 6.07) is 16.7. The van der Waals surface area contributed by atoms with Gasteiger partial charge in [0.25, 0.3) is 0 Å². The Morgan fingerprint density at radius 2 is 1.82 bits per heavy atom. The summed E-state index contributed by atoms with van der Waals surface area (Å²) in [4.78, 5) is 35.0. The second kappa shape index (κ2) is 16.2. The third-order valence-corrected chi connectivity index (χ3v) is 9.52. The van der Waals surface area contributed by atoms with E-state index in [1.165, 1.54) is 0 Å². The second-order valence-corrected chi connectivity index (χ2v) is 13.2. The van der Waals surface area contributed by atoms with Crippen LogP contribution >= 0.6 is 0 Å². The Bertz CT molecular complexity index is 1680. The number of para-hydroxylation sites is 1. The van der Waals surface area contributed by atoms with Gasteiger partial charge in [0.1, 0.15) is 37.2 Å². The van der Waals surface area contributed by atoms with Crippen molar-refractivity contribution in [3.8, 4) is 5.75 Å². The number of hydrogen-bond donors (Lipinski definition) is 4. The average Bonchev–Trinajstić information content (AvgIpc) is 3.12. The summed E-state index contributed by atoms with van der Waals surface area (Å²) in [5.41, 5.74) is 3.38. The van der Waals surface area contributed by atoms with Crippen molar-refractivity contribution < 1.29 is 42.4 Å². The van der Waals surface area contributed by atoms with Crippen LogP contribution in [0.3, 0.4) is 0 Å². The molecule has 3 aliphatic heterocycles. The van der Waals surface area contributed by atoms with Gasteiger partial charge in [-0.25, -0.2) is 0 Å². The molecule has 1 aromatic heterocycles. The Morgan fingerprint density at radius 3 is 2.61 bits per heavy atom. The standard InChI is InChI=1S/C37H42F3N5O6/c38-37(39,40)23-42-36(49)30-20-44(21-33-28-8-2-1-7-25(28)11-15-50-33)13-14-45(30)19-27(46)17-26(16-24-6-5-12-41-18-24)35(48)43-34-29-9-3-4-10-32(29)51-22-31(34)47/h1-12,15,18,26-27,30-31,33-34,46-47H,13-14,16-17,19-23H2,(H,42,49)(H,43,48)/t26-,27+,30+,31-,33?,34+/m1/s1. The molecule has 3 aliphatic rings. The molecule has 272 valence electrons. The number of pyridine rings is 1. The molecule has 51 heavy (non-hydrogen) atoms. The van der Waals surface area contributed by atoms with Crippen molar-refractivity contribution >= 4 is 17.9 Å². The minimum Gasteiger partial charge on any atom is -0.492 e. The van der Waals surface area contributed by atoms with Crippen LogP contribution in [-0.2, 0) is 20.7 Å². The van der Waals surface area contributed by atoms with Crippen molar-refractivity contribution in [1.82, 2.24) is 25.4 Å². The van der Waals surface area contributed by atoms with Gasteiger partial charge in [-0.1, -0.05) is 48.5 Å². The van der Waals surface area contributed by atoms with Crippen molar-refractivity contribution in [1.29, 1.82) is 0 Å². The average molecular weight is 710 g/mol. The molecule has 1 unspecified atom stereocenters. The van der Waals surface area contributed by atoms with E-state index in [0.29, 0.717) is 24.4 Å². The van der Waals surface area contributed by atoms with Gasteiger partial charge in [-0.15, -0.1) is 0 Å². The lowest BCUT2D eigenvalue weighted by Gasteiger charge is -2.42. The maximum Gasteiger partial charge on any atom is 0.405 e. The van der Waals surface area contributed by atoms with Crippen molar-refractivity contribution in [3.63, 3.8) is 0 Å². The number of nitrogens with one attached hydrogen (secondary N) is 2. The first-order chi connectivity index (χ1) is 24.5. The number of piperazine rings is 1. The minimum atomic E-state index is -4.59. The minimum absolute atomic E-state index is 0.00227. The molecule has 2 aromatic carbocycles. The molecule has 0 aliphatic carbocycles. The third-order valence-electron chi connectivity index (χ3n) is 9.52. The number of ether oxygens (including phenoxy) is 2. The van der Waals surface area contributed by atoms with Crippen LogP contribution in [0, 0.1) is 5.92 Å². The van der Waals surface area contributed by atoms with Crippen LogP contribution in [0.25, 0.3) is 6.08 Å². The molecule has 14 heteroatoms. The molecule has 1 fully saturated rings. The van der Waals surface area contributed by atoms with Crippen LogP contribution < -0.4 is 15.4 Å². The molecule has 4 heterocycles. The fourth-order valence-corrected chi connectivity index (χ4v) is 6.98. The number of alkyl halides is 3. The first-order valence-corrected chi connectivity index (χ1v) is 17.0. The number of β-amino-alcohol motifs (C(OH)–C–C–N with tert-alkyl or cyclic N) is 1. The number of aromatic nitrogens is 1. The molecule has 3 aromatic rings. The van der Waals surface area contributed by atoms with E-state index in [-0.39, 0.29) is 45.2 Å². The van der Waals surface area contributed by atoms with Crippen LogP contribution in [0.2, 0.25) is 0 Å². The number of rotatable bonds is 12. The predicted octanol–water partition coefficient (Wildman–Crippen LogP) is 3.01. The molecule has 6 rings (SSSR count). The highest BCUT2D eigenvalue weighted by Gasteiger charge is 2.38. The van der Waals surface area contributed by atoms with Crippen LogP contribution in [0.4, 0.5) is 13.2 Å². The van der Waals surface area contributed by atoms with E-state index in [4.69, 9.17) is 9.47 Å². The Kier molecular flexibility index (Phi) is 11.6. The lowest BCUT2D eigenvalue weighted by atomic mass is 9.91. The summed E-state index contributed by atoms with van der Waals surface area (Å²) in [6.07, 6.45) is -0.0800. The van der Waals surface area contributed by atoms with Gasteiger partial charge in [0.15, 0.2) is 0 Å². The SMILES string of the molecule is O=C(N[C@H]1c2ccccc2OC[C@H]1O)[C@H](Cc1cccnc1)C[C@H](O)CN1CCN(CC2OC=Cc3ccccc32)C[C@H]1C(=O)NCC(F)(F)F. The monoisotopic (exact) mass is 709 g/mol. The molecule has 0 radical (unpaired) electrons. The highest BCUT2D eigenvalue weighted by atomic mass is 19.4. The Morgan fingerprint density at radius 1 is 1.04 bits per heavy atom. The zero-order valence-corrected chi connectivity index (χ0v) is 27.9. The summed E-state index contributed by atoms with van der Waals surface area (Å²) in [7, 11) is 0. The number of benzene rings is 2. The molecule has 11 nitrogen and oxygen atoms in total. The van der Waals surface area contributed by atoms with Gasteiger partial charge < -0.3 is 30.3 Å². The smallest absolute Gasteiger partial charge is 0.405 e. The molecule has 0 bridgehead atoms. The molecule has 0 spiro atoms. The van der Waals surface area contributed by atoms with E-state index in [1.807, 2.05) is 46.6 Å². The summed E-state index contributed by atoms with van der Waals surface area (Å²) < 4.78 is 50.9. The zero-order valence-electron chi connectivity index (χ0n) is 27.9. The number of aliphatic hydroxyl groups excluding tert-OH is 2. The van der Waals surface area contributed by atoms with Gasteiger partial charge in [-0.2, -0.15) is 13.2 Å². The topological polar surface area (TPSA) is 136 Å². The maximum atomic E-state index is 13.9. The number of nitrogens with zero attached hydrogens (tertiary/aromatic N) is 3. The molecular formula is C37H42F3N5O6. The van der Waals surface area contributed by atoms with Gasteiger partial charge in [-0.05, 0) is 42.2 Å². The van der Waals surface area contributed by atoms with Gasteiger partial charge in [0.2, 0.25) is 11.8 Å². The van der Waals surface area contributed by atoms with E-state index in [0.717, 1.165) is 16.7 Å². The largest absolute Gasteiger partial charge is 0.492 e.